The van der Waals surface area contributed by atoms with Crippen LogP contribution in [0, 0.1) is 5.82 Å². The van der Waals surface area contributed by atoms with Gasteiger partial charge in [-0.1, -0.05) is 6.07 Å². The minimum absolute atomic E-state index is 0.0695. The van der Waals surface area contributed by atoms with Crippen molar-refractivity contribution in [1.29, 1.82) is 0 Å². The summed E-state index contributed by atoms with van der Waals surface area (Å²) in [5.41, 5.74) is 7.63. The number of primary amides is 1. The highest BCUT2D eigenvalue weighted by molar-refractivity contribution is 5.97. The number of fused-ring (bicyclic) bond motifs is 1. The Morgan fingerprint density at radius 2 is 1.82 bits per heavy atom. The average molecular weight is 613 g/mol. The van der Waals surface area contributed by atoms with Crippen molar-refractivity contribution in [3.05, 3.63) is 71.3 Å². The number of amides is 2. The molecule has 3 fully saturated rings. The summed E-state index contributed by atoms with van der Waals surface area (Å²) in [6.45, 7) is 3.19. The molecule has 0 unspecified atom stereocenters. The molecule has 1 atom stereocenters. The van der Waals surface area contributed by atoms with E-state index in [-0.39, 0.29) is 35.2 Å². The zero-order valence-electron chi connectivity index (χ0n) is 24.6. The number of aromatic nitrogens is 4. The number of hydrogen-bond donors (Lipinski definition) is 2. The van der Waals surface area contributed by atoms with Crippen LogP contribution in [0.25, 0.3) is 10.8 Å². The first kappa shape index (κ1) is 28.8. The molecule has 2 amide bonds. The number of nitrogens with one attached hydrogen (secondary N) is 1. The number of nitrogens with two attached hydrogens (primary N) is 1. The van der Waals surface area contributed by atoms with E-state index in [1.807, 2.05) is 17.0 Å². The van der Waals surface area contributed by atoms with Crippen LogP contribution >= 0.6 is 0 Å². The summed E-state index contributed by atoms with van der Waals surface area (Å²) < 4.78 is 26.9. The maximum Gasteiger partial charge on any atom is 0.273 e. The van der Waals surface area contributed by atoms with Crippen molar-refractivity contribution >= 4 is 40.0 Å². The van der Waals surface area contributed by atoms with E-state index in [1.165, 1.54) is 0 Å². The zero-order valence-corrected chi connectivity index (χ0v) is 24.6. The molecular formula is C32H33FN8O4. The maximum absolute atomic E-state index is 15.2. The number of anilines is 3. The molecule has 1 aliphatic carbocycles. The lowest BCUT2D eigenvalue weighted by atomic mass is 10.0. The van der Waals surface area contributed by atoms with Crippen molar-refractivity contribution < 1.29 is 23.5 Å². The number of hydrogen-bond acceptors (Lipinski definition) is 10. The van der Waals surface area contributed by atoms with Crippen molar-refractivity contribution in [2.45, 2.75) is 37.7 Å². The van der Waals surface area contributed by atoms with Gasteiger partial charge in [-0.25, -0.2) is 9.37 Å². The van der Waals surface area contributed by atoms with Gasteiger partial charge in [0.2, 0.25) is 11.8 Å². The Hall–Kier alpha value is -4.91. The molecule has 232 valence electrons. The quantitative estimate of drug-likeness (QED) is 0.301. The van der Waals surface area contributed by atoms with Crippen LogP contribution < -0.4 is 20.7 Å². The number of carbonyl (C=O) groups is 2. The fourth-order valence-electron chi connectivity index (χ4n) is 5.86. The normalized spacial score (nSPS) is 18.6. The summed E-state index contributed by atoms with van der Waals surface area (Å²) in [5.74, 6) is -0.0367. The Kier molecular flexibility index (Phi) is 7.84. The third-order valence-electron chi connectivity index (χ3n) is 8.39. The Morgan fingerprint density at radius 1 is 1.02 bits per heavy atom. The standard InChI is InChI=1S/C32H33FN8O4/c33-25-17-22(19-3-4-19)16-21-9-10-35-30(26(21)25)45-24-2-1-11-41(18-24)32-37-29(27(28(34)42)38-39-32)36-23-7-5-20(6-8-23)31(43)40-12-14-44-15-13-40/h5-10,16-17,19,24H,1-4,11-15,18H2,(H2,34,42)(H,36,37,39)/t24-/m1/s1. The number of benzene rings is 2. The molecule has 3 aliphatic rings. The predicted octanol–water partition coefficient (Wildman–Crippen LogP) is 3.80. The zero-order chi connectivity index (χ0) is 30.9. The van der Waals surface area contributed by atoms with Crippen LogP contribution in [0.15, 0.2) is 48.7 Å². The van der Waals surface area contributed by atoms with Gasteiger partial charge in [0, 0.05) is 37.1 Å². The second-order valence-corrected chi connectivity index (χ2v) is 11.6. The molecule has 2 aromatic heterocycles. The fraction of sp³-hybridized carbons (Fsp3) is 0.375. The van der Waals surface area contributed by atoms with Crippen molar-refractivity contribution in [2.75, 3.05) is 49.6 Å². The predicted molar refractivity (Wildman–Crippen MR) is 164 cm³/mol. The Labute approximate surface area is 258 Å². The van der Waals surface area contributed by atoms with E-state index in [4.69, 9.17) is 15.2 Å². The minimum atomic E-state index is -0.781. The van der Waals surface area contributed by atoms with Crippen LogP contribution in [0.1, 0.15) is 58.0 Å². The molecule has 4 aromatic rings. The third kappa shape index (κ3) is 6.21. The third-order valence-corrected chi connectivity index (χ3v) is 8.39. The molecule has 2 aliphatic heterocycles. The monoisotopic (exact) mass is 612 g/mol. The van der Waals surface area contributed by atoms with E-state index in [2.05, 4.69) is 25.5 Å². The summed E-state index contributed by atoms with van der Waals surface area (Å²) in [4.78, 5) is 37.6. The van der Waals surface area contributed by atoms with Gasteiger partial charge in [-0.15, -0.1) is 10.2 Å². The molecule has 7 rings (SSSR count). The minimum Gasteiger partial charge on any atom is -0.472 e. The number of carbonyl (C=O) groups excluding carboxylic acids is 2. The molecule has 45 heavy (non-hydrogen) atoms. The van der Waals surface area contributed by atoms with E-state index < -0.39 is 5.91 Å². The summed E-state index contributed by atoms with van der Waals surface area (Å²) in [6, 6.07) is 12.3. The van der Waals surface area contributed by atoms with Crippen molar-refractivity contribution in [3.8, 4) is 5.88 Å². The highest BCUT2D eigenvalue weighted by atomic mass is 19.1. The van der Waals surface area contributed by atoms with Gasteiger partial charge in [0.1, 0.15) is 11.9 Å². The van der Waals surface area contributed by atoms with Gasteiger partial charge in [-0.3, -0.25) is 9.59 Å². The SMILES string of the molecule is NC(=O)c1nnc(N2CCC[C@@H](Oc3nccc4cc(C5CC5)cc(F)c34)C2)nc1Nc1ccc(C(=O)N2CCOCC2)cc1. The first-order valence-electron chi connectivity index (χ1n) is 15.2. The molecule has 2 aromatic carbocycles. The first-order valence-corrected chi connectivity index (χ1v) is 15.2. The summed E-state index contributed by atoms with van der Waals surface area (Å²) >= 11 is 0. The van der Waals surface area contributed by atoms with Crippen LogP contribution in [-0.4, -0.2) is 82.4 Å². The maximum atomic E-state index is 15.2. The van der Waals surface area contributed by atoms with Gasteiger partial charge in [0.25, 0.3) is 11.8 Å². The highest BCUT2D eigenvalue weighted by Crippen LogP contribution is 2.42. The largest absolute Gasteiger partial charge is 0.472 e. The summed E-state index contributed by atoms with van der Waals surface area (Å²) in [7, 11) is 0. The topological polar surface area (TPSA) is 149 Å². The molecule has 12 nitrogen and oxygen atoms in total. The molecule has 3 N–H and O–H groups in total. The van der Waals surface area contributed by atoms with E-state index in [0.29, 0.717) is 67.9 Å². The van der Waals surface area contributed by atoms with Gasteiger partial charge in [0.15, 0.2) is 11.5 Å². The van der Waals surface area contributed by atoms with Gasteiger partial charge in [0.05, 0.1) is 25.1 Å². The first-order chi connectivity index (χ1) is 21.9. The van der Waals surface area contributed by atoms with Crippen molar-refractivity contribution in [3.63, 3.8) is 0 Å². The fourth-order valence-corrected chi connectivity index (χ4v) is 5.86. The Bertz CT molecular complexity index is 1740. The molecule has 2 saturated heterocycles. The Balaban J connectivity index is 1.07. The summed E-state index contributed by atoms with van der Waals surface area (Å²) in [5, 5.41) is 12.5. The highest BCUT2D eigenvalue weighted by Gasteiger charge is 2.28. The number of pyridine rings is 1. The molecule has 13 heteroatoms. The van der Waals surface area contributed by atoms with Crippen LogP contribution in [0.5, 0.6) is 5.88 Å². The van der Waals surface area contributed by atoms with E-state index >= 15 is 4.39 Å². The number of halogens is 1. The van der Waals surface area contributed by atoms with Crippen molar-refractivity contribution in [2.24, 2.45) is 5.73 Å². The molecular weight excluding hydrogens is 579 g/mol. The molecule has 0 spiro atoms. The molecule has 4 heterocycles. The van der Waals surface area contributed by atoms with E-state index in [9.17, 15) is 9.59 Å². The van der Waals surface area contributed by atoms with E-state index in [1.54, 1.807) is 41.4 Å². The molecule has 0 bridgehead atoms. The van der Waals surface area contributed by atoms with Gasteiger partial charge >= 0.3 is 0 Å². The van der Waals surface area contributed by atoms with Gasteiger partial charge < -0.3 is 30.3 Å². The second kappa shape index (κ2) is 12.2. The molecule has 0 radical (unpaired) electrons. The lowest BCUT2D eigenvalue weighted by Gasteiger charge is -2.32. The van der Waals surface area contributed by atoms with Gasteiger partial charge in [-0.05, 0) is 78.9 Å². The average Bonchev–Trinajstić information content (AvgIpc) is 3.91. The second-order valence-electron chi connectivity index (χ2n) is 11.6. The lowest BCUT2D eigenvalue weighted by molar-refractivity contribution is 0.0303. The number of morpholine rings is 1. The molecule has 1 saturated carbocycles. The smallest absolute Gasteiger partial charge is 0.273 e. The van der Waals surface area contributed by atoms with Crippen molar-refractivity contribution in [1.82, 2.24) is 25.1 Å². The number of rotatable bonds is 8. The lowest BCUT2D eigenvalue weighted by Crippen LogP contribution is -2.42. The van der Waals surface area contributed by atoms with Crippen LogP contribution in [0.4, 0.5) is 21.8 Å². The van der Waals surface area contributed by atoms with Crippen LogP contribution in [-0.2, 0) is 4.74 Å². The van der Waals surface area contributed by atoms with Crippen LogP contribution in [0.3, 0.4) is 0 Å². The van der Waals surface area contributed by atoms with E-state index in [0.717, 1.165) is 36.6 Å². The van der Waals surface area contributed by atoms with Crippen LogP contribution in [0.2, 0.25) is 0 Å². The summed E-state index contributed by atoms with van der Waals surface area (Å²) in [6.07, 6.45) is 5.04. The Morgan fingerprint density at radius 3 is 2.58 bits per heavy atom. The number of ether oxygens (including phenoxy) is 2. The number of nitrogens with zero attached hydrogens (tertiary/aromatic N) is 6. The number of piperidine rings is 1. The van der Waals surface area contributed by atoms with Gasteiger partial charge in [-0.2, -0.15) is 4.98 Å².